The van der Waals surface area contributed by atoms with Gasteiger partial charge >= 0.3 is 0 Å². The van der Waals surface area contributed by atoms with Gasteiger partial charge in [-0.15, -0.1) is 0 Å². The molecule has 4 heteroatoms. The van der Waals surface area contributed by atoms with Crippen molar-refractivity contribution in [3.05, 3.63) is 58.3 Å². The van der Waals surface area contributed by atoms with Crippen LogP contribution < -0.4 is 5.73 Å². The molecule has 0 unspecified atom stereocenters. The summed E-state index contributed by atoms with van der Waals surface area (Å²) in [4.78, 5) is 16.0. The van der Waals surface area contributed by atoms with Crippen LogP contribution in [0.2, 0.25) is 0 Å². The summed E-state index contributed by atoms with van der Waals surface area (Å²) in [6.07, 6.45) is 3.04. The molecule has 0 spiro atoms. The van der Waals surface area contributed by atoms with Crippen molar-refractivity contribution < 1.29 is 4.79 Å². The number of hydrogen-bond acceptors (Lipinski definition) is 3. The minimum atomic E-state index is -0.127. The molecule has 80 valence electrons. The zero-order chi connectivity index (χ0) is 11.5. The molecular weight excluding hydrogens is 268 g/mol. The number of nitrogens with zero attached hydrogens (tertiary/aromatic N) is 1. The molecule has 0 atom stereocenters. The van der Waals surface area contributed by atoms with Crippen LogP contribution in [0, 0.1) is 0 Å². The normalized spacial score (nSPS) is 10.1. The number of hydrogen-bond donors (Lipinski definition) is 1. The van der Waals surface area contributed by atoms with Crippen LogP contribution in [0.5, 0.6) is 0 Å². The average molecular weight is 277 g/mol. The van der Waals surface area contributed by atoms with E-state index in [1.54, 1.807) is 18.3 Å². The smallest absolute Gasteiger partial charge is 0.197 e. The molecule has 1 heterocycles. The van der Waals surface area contributed by atoms with Crippen LogP contribution in [0.3, 0.4) is 0 Å². The average Bonchev–Trinajstić information content (AvgIpc) is 2.29. The number of aromatic nitrogens is 1. The number of anilines is 1. The lowest BCUT2D eigenvalue weighted by atomic mass is 10.0. The third kappa shape index (κ3) is 1.97. The maximum absolute atomic E-state index is 12.1. The first-order valence-corrected chi connectivity index (χ1v) is 5.48. The largest absolute Gasteiger partial charge is 0.398 e. The third-order valence-corrected chi connectivity index (χ3v) is 2.91. The van der Waals surface area contributed by atoms with E-state index in [1.807, 2.05) is 18.2 Å². The van der Waals surface area contributed by atoms with Crippen molar-refractivity contribution in [1.29, 1.82) is 0 Å². The summed E-state index contributed by atoms with van der Waals surface area (Å²) < 4.78 is 0.753. The number of benzene rings is 1. The van der Waals surface area contributed by atoms with Crippen molar-refractivity contribution in [2.45, 2.75) is 0 Å². The van der Waals surface area contributed by atoms with Crippen molar-refractivity contribution in [3.63, 3.8) is 0 Å². The van der Waals surface area contributed by atoms with Gasteiger partial charge in [0.1, 0.15) is 0 Å². The minimum absolute atomic E-state index is 0.127. The van der Waals surface area contributed by atoms with Gasteiger partial charge in [-0.1, -0.05) is 28.1 Å². The predicted octanol–water partition coefficient (Wildman–Crippen LogP) is 2.66. The maximum Gasteiger partial charge on any atom is 0.197 e. The standard InChI is InChI=1S/C12H9BrN2O/c13-10-4-2-1-3-8(10)12(16)9-7-15-6-5-11(9)14/h1-7H,(H2,14,15). The van der Waals surface area contributed by atoms with Crippen LogP contribution in [0.25, 0.3) is 0 Å². The number of halogens is 1. The van der Waals surface area contributed by atoms with Gasteiger partial charge in [-0.2, -0.15) is 0 Å². The molecule has 0 amide bonds. The summed E-state index contributed by atoms with van der Waals surface area (Å²) in [5, 5.41) is 0. The highest BCUT2D eigenvalue weighted by Crippen LogP contribution is 2.21. The lowest BCUT2D eigenvalue weighted by molar-refractivity contribution is 0.103. The Balaban J connectivity index is 2.48. The Hall–Kier alpha value is -1.68. The summed E-state index contributed by atoms with van der Waals surface area (Å²) in [5.41, 5.74) is 7.18. The molecule has 0 fully saturated rings. The molecule has 0 saturated heterocycles. The fourth-order valence-electron chi connectivity index (χ4n) is 1.39. The minimum Gasteiger partial charge on any atom is -0.398 e. The van der Waals surface area contributed by atoms with Crippen molar-refractivity contribution >= 4 is 27.4 Å². The fourth-order valence-corrected chi connectivity index (χ4v) is 1.85. The number of nitrogen functional groups attached to an aromatic ring is 1. The van der Waals surface area contributed by atoms with Gasteiger partial charge in [0.25, 0.3) is 0 Å². The van der Waals surface area contributed by atoms with Crippen LogP contribution in [0.15, 0.2) is 47.2 Å². The van der Waals surface area contributed by atoms with Crippen LogP contribution >= 0.6 is 15.9 Å². The topological polar surface area (TPSA) is 56.0 Å². The van der Waals surface area contributed by atoms with E-state index in [9.17, 15) is 4.79 Å². The second-order valence-corrected chi connectivity index (χ2v) is 4.13. The highest BCUT2D eigenvalue weighted by atomic mass is 79.9. The van der Waals surface area contributed by atoms with Gasteiger partial charge in [-0.3, -0.25) is 9.78 Å². The van der Waals surface area contributed by atoms with E-state index in [1.165, 1.54) is 6.20 Å². The highest BCUT2D eigenvalue weighted by molar-refractivity contribution is 9.10. The summed E-state index contributed by atoms with van der Waals surface area (Å²) in [6.45, 7) is 0. The number of carbonyl (C=O) groups is 1. The van der Waals surface area contributed by atoms with Crippen LogP contribution in [0.4, 0.5) is 5.69 Å². The first kappa shape index (κ1) is 10.8. The van der Waals surface area contributed by atoms with E-state index in [4.69, 9.17) is 5.73 Å². The monoisotopic (exact) mass is 276 g/mol. The van der Waals surface area contributed by atoms with E-state index in [2.05, 4.69) is 20.9 Å². The van der Waals surface area contributed by atoms with E-state index < -0.39 is 0 Å². The molecule has 0 aliphatic rings. The van der Waals surface area contributed by atoms with Gasteiger partial charge in [-0.25, -0.2) is 0 Å². The molecule has 0 aliphatic heterocycles. The van der Waals surface area contributed by atoms with Gasteiger partial charge in [-0.05, 0) is 18.2 Å². The summed E-state index contributed by atoms with van der Waals surface area (Å²) in [5.74, 6) is -0.127. The van der Waals surface area contributed by atoms with E-state index in [0.717, 1.165) is 4.47 Å². The lowest BCUT2D eigenvalue weighted by Gasteiger charge is -2.05. The Morgan fingerprint density at radius 1 is 1.19 bits per heavy atom. The Morgan fingerprint density at radius 2 is 1.94 bits per heavy atom. The van der Waals surface area contributed by atoms with Gasteiger partial charge in [0.05, 0.1) is 5.56 Å². The molecule has 1 aromatic carbocycles. The molecular formula is C12H9BrN2O. The maximum atomic E-state index is 12.1. The molecule has 2 rings (SSSR count). The first-order valence-electron chi connectivity index (χ1n) is 4.69. The Labute approximate surface area is 101 Å². The van der Waals surface area contributed by atoms with Gasteiger partial charge in [0.15, 0.2) is 5.78 Å². The van der Waals surface area contributed by atoms with Gasteiger partial charge in [0, 0.05) is 28.1 Å². The van der Waals surface area contributed by atoms with E-state index in [0.29, 0.717) is 16.8 Å². The summed E-state index contributed by atoms with van der Waals surface area (Å²) >= 11 is 3.34. The lowest BCUT2D eigenvalue weighted by Crippen LogP contribution is -2.06. The molecule has 3 nitrogen and oxygen atoms in total. The number of ketones is 1. The number of nitrogens with two attached hydrogens (primary N) is 1. The second kappa shape index (κ2) is 4.45. The van der Waals surface area contributed by atoms with Crippen molar-refractivity contribution in [2.24, 2.45) is 0 Å². The second-order valence-electron chi connectivity index (χ2n) is 3.27. The molecule has 2 aromatic rings. The summed E-state index contributed by atoms with van der Waals surface area (Å²) in [7, 11) is 0. The molecule has 0 aliphatic carbocycles. The van der Waals surface area contributed by atoms with Gasteiger partial charge < -0.3 is 5.73 Å². The first-order chi connectivity index (χ1) is 7.70. The Morgan fingerprint density at radius 3 is 2.62 bits per heavy atom. The Bertz CT molecular complexity index is 493. The summed E-state index contributed by atoms with van der Waals surface area (Å²) in [6, 6.07) is 8.85. The molecule has 16 heavy (non-hydrogen) atoms. The predicted molar refractivity (Wildman–Crippen MR) is 66.2 cm³/mol. The number of carbonyl (C=O) groups excluding carboxylic acids is 1. The van der Waals surface area contributed by atoms with Crippen LogP contribution in [-0.4, -0.2) is 10.8 Å². The highest BCUT2D eigenvalue weighted by Gasteiger charge is 2.14. The van der Waals surface area contributed by atoms with Crippen LogP contribution in [-0.2, 0) is 0 Å². The van der Waals surface area contributed by atoms with Gasteiger partial charge in [0.2, 0.25) is 0 Å². The zero-order valence-corrected chi connectivity index (χ0v) is 9.94. The van der Waals surface area contributed by atoms with E-state index >= 15 is 0 Å². The molecule has 0 radical (unpaired) electrons. The van der Waals surface area contributed by atoms with Crippen molar-refractivity contribution in [1.82, 2.24) is 4.98 Å². The van der Waals surface area contributed by atoms with Crippen LogP contribution in [0.1, 0.15) is 15.9 Å². The Kier molecular flexibility index (Phi) is 3.01. The molecule has 0 bridgehead atoms. The zero-order valence-electron chi connectivity index (χ0n) is 8.35. The molecule has 1 aromatic heterocycles. The molecule has 2 N–H and O–H groups in total. The SMILES string of the molecule is Nc1ccncc1C(=O)c1ccccc1Br. The fraction of sp³-hybridized carbons (Fsp3) is 0. The third-order valence-electron chi connectivity index (χ3n) is 2.22. The number of pyridine rings is 1. The molecule has 0 saturated carbocycles. The quantitative estimate of drug-likeness (QED) is 0.858. The number of rotatable bonds is 2. The van der Waals surface area contributed by atoms with E-state index in [-0.39, 0.29) is 5.78 Å². The van der Waals surface area contributed by atoms with Crippen molar-refractivity contribution in [3.8, 4) is 0 Å². The van der Waals surface area contributed by atoms with Crippen molar-refractivity contribution in [2.75, 3.05) is 5.73 Å².